The van der Waals surface area contributed by atoms with Crippen LogP contribution in [0.3, 0.4) is 0 Å². The molecule has 1 aromatic heterocycles. The molecule has 1 saturated heterocycles. The first kappa shape index (κ1) is 25.4. The van der Waals surface area contributed by atoms with Crippen molar-refractivity contribution in [1.82, 2.24) is 19.8 Å². The molecule has 0 radical (unpaired) electrons. The topological polar surface area (TPSA) is 70.8 Å². The number of thioether (sulfide) groups is 1. The lowest BCUT2D eigenvalue weighted by molar-refractivity contribution is -0.917. The van der Waals surface area contributed by atoms with Gasteiger partial charge in [0.2, 0.25) is 0 Å². The molecule has 0 spiro atoms. The Labute approximate surface area is 226 Å². The maximum atomic E-state index is 13.7. The molecule has 3 aromatic rings. The lowest BCUT2D eigenvalue weighted by Gasteiger charge is -2.34. The molecule has 0 aliphatic carbocycles. The first-order valence-electron chi connectivity index (χ1n) is 12.3. The number of benzene rings is 2. The number of amides is 2. The zero-order chi connectivity index (χ0) is 25.9. The van der Waals surface area contributed by atoms with E-state index in [4.69, 9.17) is 11.6 Å². The molecule has 9 heteroatoms. The third-order valence-electron chi connectivity index (χ3n) is 6.59. The van der Waals surface area contributed by atoms with Crippen LogP contribution >= 0.6 is 23.4 Å². The van der Waals surface area contributed by atoms with E-state index in [1.54, 1.807) is 12.1 Å². The van der Waals surface area contributed by atoms with Crippen molar-refractivity contribution in [2.75, 3.05) is 26.2 Å². The summed E-state index contributed by atoms with van der Waals surface area (Å²) < 4.78 is 0. The summed E-state index contributed by atoms with van der Waals surface area (Å²) in [4.78, 5) is 41.6. The first-order valence-corrected chi connectivity index (χ1v) is 13.5. The summed E-state index contributed by atoms with van der Waals surface area (Å²) in [5, 5.41) is 1.09. The van der Waals surface area contributed by atoms with Crippen LogP contribution in [0, 0.1) is 13.8 Å². The molecule has 5 rings (SSSR count). The van der Waals surface area contributed by atoms with E-state index in [-0.39, 0.29) is 18.4 Å². The number of nitrogens with zero attached hydrogens (tertiary/aromatic N) is 4. The first-order chi connectivity index (χ1) is 17.9. The van der Waals surface area contributed by atoms with Crippen LogP contribution in [0.2, 0.25) is 5.02 Å². The summed E-state index contributed by atoms with van der Waals surface area (Å²) in [7, 11) is 0. The zero-order valence-corrected chi connectivity index (χ0v) is 22.5. The van der Waals surface area contributed by atoms with E-state index in [2.05, 4.69) is 39.1 Å². The van der Waals surface area contributed by atoms with E-state index >= 15 is 0 Å². The van der Waals surface area contributed by atoms with Crippen molar-refractivity contribution < 1.29 is 14.5 Å². The lowest BCUT2D eigenvalue weighted by atomic mass is 10.2. The number of piperazine rings is 1. The molecule has 1 N–H and O–H groups in total. The van der Waals surface area contributed by atoms with Crippen LogP contribution < -0.4 is 4.90 Å². The van der Waals surface area contributed by atoms with Gasteiger partial charge in [-0.3, -0.25) is 14.5 Å². The van der Waals surface area contributed by atoms with Gasteiger partial charge in [0.25, 0.3) is 11.8 Å². The SMILES string of the molecule is Cc1cc(C)nc(SC2=C(N3CC[NH+](Cc4ccccc4)CC3)C(=O)N(Cc3ccc(Cl)cc3)C2=O)n1. The molecule has 0 atom stereocenters. The predicted molar refractivity (Wildman–Crippen MR) is 144 cm³/mol. The van der Waals surface area contributed by atoms with Gasteiger partial charge in [0.05, 0.1) is 32.7 Å². The fraction of sp³-hybridized carbons (Fsp3) is 0.286. The number of carbonyl (C=O) groups is 2. The second-order valence-electron chi connectivity index (χ2n) is 9.44. The van der Waals surface area contributed by atoms with Crippen LogP contribution in [0.1, 0.15) is 22.5 Å². The highest BCUT2D eigenvalue weighted by atomic mass is 35.5. The van der Waals surface area contributed by atoms with Gasteiger partial charge in [0.15, 0.2) is 5.16 Å². The number of carbonyl (C=O) groups excluding carboxylic acids is 2. The molecule has 2 aliphatic rings. The van der Waals surface area contributed by atoms with E-state index in [1.165, 1.54) is 27.1 Å². The van der Waals surface area contributed by atoms with Gasteiger partial charge in [-0.05, 0) is 49.4 Å². The van der Waals surface area contributed by atoms with Crippen molar-refractivity contribution in [3.63, 3.8) is 0 Å². The van der Waals surface area contributed by atoms with Gasteiger partial charge in [0.1, 0.15) is 17.1 Å². The van der Waals surface area contributed by atoms with Crippen molar-refractivity contribution in [3.8, 4) is 0 Å². The highest BCUT2D eigenvalue weighted by Crippen LogP contribution is 2.36. The van der Waals surface area contributed by atoms with Gasteiger partial charge in [0, 0.05) is 22.0 Å². The van der Waals surface area contributed by atoms with E-state index in [1.807, 2.05) is 38.1 Å². The van der Waals surface area contributed by atoms with Crippen molar-refractivity contribution in [3.05, 3.63) is 98.8 Å². The minimum atomic E-state index is -0.304. The summed E-state index contributed by atoms with van der Waals surface area (Å²) in [6.07, 6.45) is 0. The highest BCUT2D eigenvalue weighted by Gasteiger charge is 2.43. The zero-order valence-electron chi connectivity index (χ0n) is 20.9. The average Bonchev–Trinajstić information content (AvgIpc) is 3.10. The molecule has 7 nitrogen and oxygen atoms in total. The van der Waals surface area contributed by atoms with Crippen LogP contribution in [0.25, 0.3) is 0 Å². The van der Waals surface area contributed by atoms with E-state index in [9.17, 15) is 9.59 Å². The number of imide groups is 1. The standard InChI is InChI=1S/C28H28ClN5O2S/c1-19-16-20(2)31-28(30-19)37-25-24(26(35)34(27(25)36)18-22-8-10-23(29)11-9-22)33-14-12-32(13-15-33)17-21-6-4-3-5-7-21/h3-11,16H,12-15,17-18H2,1-2H3/p+1. The number of hydrogen-bond donors (Lipinski definition) is 1. The van der Waals surface area contributed by atoms with E-state index < -0.39 is 0 Å². The Morgan fingerprint density at radius 2 is 1.54 bits per heavy atom. The third kappa shape index (κ3) is 5.87. The molecule has 3 heterocycles. The molecular weight excluding hydrogens is 506 g/mol. The monoisotopic (exact) mass is 534 g/mol. The molecule has 1 fully saturated rings. The van der Waals surface area contributed by atoms with Gasteiger partial charge >= 0.3 is 0 Å². The quantitative estimate of drug-likeness (QED) is 0.371. The van der Waals surface area contributed by atoms with Gasteiger partial charge in [-0.2, -0.15) is 0 Å². The minimum Gasteiger partial charge on any atom is -0.355 e. The molecule has 190 valence electrons. The largest absolute Gasteiger partial charge is 0.355 e. The highest BCUT2D eigenvalue weighted by molar-refractivity contribution is 8.04. The Morgan fingerprint density at radius 1 is 0.892 bits per heavy atom. The number of aryl methyl sites for hydroxylation is 2. The van der Waals surface area contributed by atoms with E-state index in [0.717, 1.165) is 36.6 Å². The number of hydrogen-bond acceptors (Lipinski definition) is 6. The second-order valence-corrected chi connectivity index (χ2v) is 10.8. The minimum absolute atomic E-state index is 0.190. The number of nitrogens with one attached hydrogen (secondary N) is 1. The second kappa shape index (κ2) is 11.0. The molecular formula is C28H29ClN5O2S+. The summed E-state index contributed by atoms with van der Waals surface area (Å²) >= 11 is 7.22. The fourth-order valence-corrected chi connectivity index (χ4v) is 5.96. The van der Waals surface area contributed by atoms with Gasteiger partial charge in [-0.1, -0.05) is 54.1 Å². The summed E-state index contributed by atoms with van der Waals surface area (Å²) in [6.45, 7) is 8.10. The lowest BCUT2D eigenvalue weighted by Crippen LogP contribution is -3.13. The van der Waals surface area contributed by atoms with Crippen molar-refractivity contribution >= 4 is 35.2 Å². The molecule has 37 heavy (non-hydrogen) atoms. The van der Waals surface area contributed by atoms with Crippen molar-refractivity contribution in [1.29, 1.82) is 0 Å². The van der Waals surface area contributed by atoms with Gasteiger partial charge in [-0.15, -0.1) is 0 Å². The summed E-state index contributed by atoms with van der Waals surface area (Å²) in [5.41, 5.74) is 4.26. The van der Waals surface area contributed by atoms with Crippen molar-refractivity contribution in [2.24, 2.45) is 0 Å². The summed E-state index contributed by atoms with van der Waals surface area (Å²) in [5.74, 6) is -0.569. The Morgan fingerprint density at radius 3 is 2.19 bits per heavy atom. The number of rotatable bonds is 7. The molecule has 2 amide bonds. The molecule has 2 aliphatic heterocycles. The number of quaternary nitrogens is 1. The molecule has 0 saturated carbocycles. The third-order valence-corrected chi connectivity index (χ3v) is 7.78. The molecule has 0 unspecified atom stereocenters. The Kier molecular flexibility index (Phi) is 7.60. The molecule has 0 bridgehead atoms. The maximum absolute atomic E-state index is 13.7. The Bertz CT molecular complexity index is 1320. The van der Waals surface area contributed by atoms with Crippen LogP contribution in [-0.2, 0) is 22.7 Å². The normalized spacial score (nSPS) is 16.7. The maximum Gasteiger partial charge on any atom is 0.278 e. The van der Waals surface area contributed by atoms with Gasteiger partial charge < -0.3 is 9.80 Å². The van der Waals surface area contributed by atoms with Crippen LogP contribution in [0.4, 0.5) is 0 Å². The predicted octanol–water partition coefficient (Wildman–Crippen LogP) is 3.02. The number of halogens is 1. The van der Waals surface area contributed by atoms with Crippen LogP contribution in [-0.4, -0.2) is 57.8 Å². The van der Waals surface area contributed by atoms with Crippen LogP contribution in [0.5, 0.6) is 0 Å². The smallest absolute Gasteiger partial charge is 0.278 e. The Balaban J connectivity index is 1.39. The Hall–Kier alpha value is -3.20. The van der Waals surface area contributed by atoms with Crippen molar-refractivity contribution in [2.45, 2.75) is 32.1 Å². The fourth-order valence-electron chi connectivity index (χ4n) is 4.77. The average molecular weight is 535 g/mol. The van der Waals surface area contributed by atoms with Crippen LogP contribution in [0.15, 0.2) is 76.4 Å². The number of aromatic nitrogens is 2. The van der Waals surface area contributed by atoms with E-state index in [0.29, 0.717) is 33.9 Å². The van der Waals surface area contributed by atoms with Gasteiger partial charge in [-0.25, -0.2) is 9.97 Å². The summed E-state index contributed by atoms with van der Waals surface area (Å²) in [6, 6.07) is 19.6. The molecule has 2 aromatic carbocycles.